The van der Waals surface area contributed by atoms with Gasteiger partial charge < -0.3 is 10.6 Å². The number of hydrogen-bond acceptors (Lipinski definition) is 3. The van der Waals surface area contributed by atoms with Crippen LogP contribution in [0.25, 0.3) is 11.1 Å². The monoisotopic (exact) mass is 442 g/mol. The lowest BCUT2D eigenvalue weighted by atomic mass is 9.78. The van der Waals surface area contributed by atoms with Crippen LogP contribution in [0.2, 0.25) is 0 Å². The molecule has 1 aliphatic carbocycles. The minimum atomic E-state index is -0.194. The van der Waals surface area contributed by atoms with E-state index < -0.39 is 0 Å². The van der Waals surface area contributed by atoms with Gasteiger partial charge in [0.05, 0.1) is 17.4 Å². The zero-order chi connectivity index (χ0) is 22.9. The van der Waals surface area contributed by atoms with Crippen LogP contribution < -0.4 is 10.6 Å². The highest BCUT2D eigenvalue weighted by Crippen LogP contribution is 2.44. The molecule has 0 saturated carbocycles. The van der Waals surface area contributed by atoms with E-state index in [2.05, 4.69) is 95.6 Å². The summed E-state index contributed by atoms with van der Waals surface area (Å²) in [4.78, 5) is 13.7. The number of carbonyl (C=O) groups is 1. The van der Waals surface area contributed by atoms with Gasteiger partial charge in [0.15, 0.2) is 5.78 Å². The second-order valence-electron chi connectivity index (χ2n) is 9.07. The van der Waals surface area contributed by atoms with E-state index in [9.17, 15) is 4.79 Å². The molecule has 0 amide bonds. The highest BCUT2D eigenvalue weighted by Gasteiger charge is 2.35. The molecule has 4 aromatic carbocycles. The van der Waals surface area contributed by atoms with Crippen LogP contribution in [0.4, 0.5) is 11.4 Å². The van der Waals surface area contributed by atoms with Crippen molar-refractivity contribution in [1.29, 1.82) is 0 Å². The van der Waals surface area contributed by atoms with Crippen molar-refractivity contribution in [2.75, 3.05) is 10.6 Å². The molecule has 34 heavy (non-hydrogen) atoms. The Labute approximate surface area is 200 Å². The van der Waals surface area contributed by atoms with Crippen LogP contribution >= 0.6 is 0 Å². The average Bonchev–Trinajstić information content (AvgIpc) is 3.07. The van der Waals surface area contributed by atoms with Crippen molar-refractivity contribution in [2.45, 2.75) is 24.8 Å². The molecule has 2 aliphatic rings. The molecule has 1 heterocycles. The zero-order valence-corrected chi connectivity index (χ0v) is 18.9. The second kappa shape index (κ2) is 8.68. The first-order valence-electron chi connectivity index (χ1n) is 11.9. The molecule has 166 valence electrons. The predicted molar refractivity (Wildman–Crippen MR) is 139 cm³/mol. The number of benzene rings is 4. The number of fused-ring (bicyclic) bond motifs is 1. The second-order valence-corrected chi connectivity index (χ2v) is 9.07. The number of Topliss-reactive ketones (excluding diaryl/α,β-unsaturated/α-hetero) is 1. The lowest BCUT2D eigenvalue weighted by molar-refractivity contribution is -0.116. The van der Waals surface area contributed by atoms with Crippen LogP contribution in [0.3, 0.4) is 0 Å². The van der Waals surface area contributed by atoms with Crippen molar-refractivity contribution >= 4 is 17.2 Å². The van der Waals surface area contributed by atoms with Gasteiger partial charge in [0.2, 0.25) is 0 Å². The Balaban J connectivity index is 1.41. The molecule has 0 aromatic heterocycles. The summed E-state index contributed by atoms with van der Waals surface area (Å²) in [6, 6.07) is 37.4. The summed E-state index contributed by atoms with van der Waals surface area (Å²) in [7, 11) is 0. The first-order valence-corrected chi connectivity index (χ1v) is 11.9. The summed E-state index contributed by atoms with van der Waals surface area (Å²) in [5.74, 6) is 0.395. The van der Waals surface area contributed by atoms with E-state index in [-0.39, 0.29) is 17.7 Å². The van der Waals surface area contributed by atoms with Crippen molar-refractivity contribution in [3.05, 3.63) is 132 Å². The molecule has 3 heteroatoms. The van der Waals surface area contributed by atoms with Crippen LogP contribution in [-0.2, 0) is 4.79 Å². The van der Waals surface area contributed by atoms with Gasteiger partial charge in [-0.2, -0.15) is 0 Å². The van der Waals surface area contributed by atoms with Gasteiger partial charge in [0.1, 0.15) is 0 Å². The molecule has 4 aromatic rings. The number of hydrogen-bond donors (Lipinski definition) is 2. The molecule has 0 fully saturated rings. The quantitative estimate of drug-likeness (QED) is 0.349. The van der Waals surface area contributed by atoms with E-state index >= 15 is 0 Å². The first-order chi connectivity index (χ1) is 16.8. The van der Waals surface area contributed by atoms with Crippen molar-refractivity contribution in [1.82, 2.24) is 0 Å². The Morgan fingerprint density at radius 3 is 1.94 bits per heavy atom. The van der Waals surface area contributed by atoms with Gasteiger partial charge in [-0.05, 0) is 46.7 Å². The molecule has 0 unspecified atom stereocenters. The molecule has 3 nitrogen and oxygen atoms in total. The number of para-hydroxylation sites is 2. The largest absolute Gasteiger partial charge is 0.372 e. The molecule has 1 aliphatic heterocycles. The maximum absolute atomic E-state index is 13.7. The van der Waals surface area contributed by atoms with Gasteiger partial charge in [-0.3, -0.25) is 4.79 Å². The van der Waals surface area contributed by atoms with E-state index in [0.717, 1.165) is 34.6 Å². The SMILES string of the molecule is O=C1C[C@@H](c2ccccc2)CC2=C1[C@@H](c1ccc(-c3ccccc3)cc1)Nc1ccccc1N2. The molecule has 2 N–H and O–H groups in total. The molecule has 6 rings (SSSR count). The van der Waals surface area contributed by atoms with Crippen LogP contribution in [0.5, 0.6) is 0 Å². The van der Waals surface area contributed by atoms with Crippen LogP contribution in [0, 0.1) is 0 Å². The number of nitrogens with one attached hydrogen (secondary N) is 2. The maximum atomic E-state index is 13.7. The molecule has 0 radical (unpaired) electrons. The number of allylic oxidation sites excluding steroid dienone is 1. The average molecular weight is 443 g/mol. The highest BCUT2D eigenvalue weighted by molar-refractivity contribution is 6.01. The maximum Gasteiger partial charge on any atom is 0.163 e. The fourth-order valence-corrected chi connectivity index (χ4v) is 5.20. The summed E-state index contributed by atoms with van der Waals surface area (Å²) in [5.41, 5.74) is 8.59. The molecule has 0 bridgehead atoms. The minimum Gasteiger partial charge on any atom is -0.372 e. The van der Waals surface area contributed by atoms with Crippen molar-refractivity contribution in [3.8, 4) is 11.1 Å². The van der Waals surface area contributed by atoms with Crippen LogP contribution in [0.1, 0.15) is 35.9 Å². The first kappa shape index (κ1) is 20.5. The normalized spacial score (nSPS) is 19.4. The number of rotatable bonds is 3. The van der Waals surface area contributed by atoms with Gasteiger partial charge in [-0.25, -0.2) is 0 Å². The smallest absolute Gasteiger partial charge is 0.163 e. The minimum absolute atomic E-state index is 0.186. The third-order valence-electron chi connectivity index (χ3n) is 6.93. The summed E-state index contributed by atoms with van der Waals surface area (Å²) >= 11 is 0. The number of anilines is 2. The van der Waals surface area contributed by atoms with E-state index in [4.69, 9.17) is 0 Å². The zero-order valence-electron chi connectivity index (χ0n) is 18.9. The van der Waals surface area contributed by atoms with Crippen molar-refractivity contribution < 1.29 is 4.79 Å². The van der Waals surface area contributed by atoms with Crippen LogP contribution in [0.15, 0.2) is 120 Å². The Hall–Kier alpha value is -4.11. The van der Waals surface area contributed by atoms with Crippen molar-refractivity contribution in [2.24, 2.45) is 0 Å². The summed E-state index contributed by atoms with van der Waals surface area (Å²) < 4.78 is 0. The third kappa shape index (κ3) is 3.80. The number of ketones is 1. The van der Waals surface area contributed by atoms with E-state index in [1.54, 1.807) is 0 Å². The predicted octanol–water partition coefficient (Wildman–Crippen LogP) is 7.33. The highest BCUT2D eigenvalue weighted by atomic mass is 16.1. The molecular weight excluding hydrogens is 416 g/mol. The lowest BCUT2D eigenvalue weighted by Gasteiger charge is -2.30. The van der Waals surface area contributed by atoms with Gasteiger partial charge in [0.25, 0.3) is 0 Å². The molecule has 0 saturated heterocycles. The summed E-state index contributed by atoms with van der Waals surface area (Å²) in [6.45, 7) is 0. The van der Waals surface area contributed by atoms with Gasteiger partial charge in [-0.15, -0.1) is 0 Å². The Kier molecular flexibility index (Phi) is 5.23. The van der Waals surface area contributed by atoms with Gasteiger partial charge in [-0.1, -0.05) is 97.1 Å². The Morgan fingerprint density at radius 2 is 1.21 bits per heavy atom. The van der Waals surface area contributed by atoms with Gasteiger partial charge in [0, 0.05) is 17.7 Å². The summed E-state index contributed by atoms with van der Waals surface area (Å²) in [6.07, 6.45) is 1.35. The van der Waals surface area contributed by atoms with E-state index in [1.807, 2.05) is 24.3 Å². The van der Waals surface area contributed by atoms with E-state index in [1.165, 1.54) is 16.7 Å². The standard InChI is InChI=1S/C31H26N2O/c34-29-20-25(22-11-5-2-6-12-22)19-28-30(29)31(33-27-14-8-7-13-26(27)32-28)24-17-15-23(16-18-24)21-9-3-1-4-10-21/h1-18,25,31-33H,19-20H2/t25-,31+/m0/s1. The van der Waals surface area contributed by atoms with Crippen molar-refractivity contribution in [3.63, 3.8) is 0 Å². The molecular formula is C31H26N2O. The number of carbonyl (C=O) groups excluding carboxylic acids is 1. The molecule has 0 spiro atoms. The van der Waals surface area contributed by atoms with E-state index in [0.29, 0.717) is 6.42 Å². The van der Waals surface area contributed by atoms with Gasteiger partial charge >= 0.3 is 0 Å². The fraction of sp³-hybridized carbons (Fsp3) is 0.129. The Bertz CT molecular complexity index is 1360. The summed E-state index contributed by atoms with van der Waals surface area (Å²) in [5, 5.41) is 7.30. The topological polar surface area (TPSA) is 41.1 Å². The Morgan fingerprint density at radius 1 is 0.588 bits per heavy atom. The lowest BCUT2D eigenvalue weighted by Crippen LogP contribution is -2.26. The molecule has 2 atom stereocenters. The fourth-order valence-electron chi connectivity index (χ4n) is 5.20. The third-order valence-corrected chi connectivity index (χ3v) is 6.93. The van der Waals surface area contributed by atoms with Crippen LogP contribution in [-0.4, -0.2) is 5.78 Å².